The van der Waals surface area contributed by atoms with Gasteiger partial charge in [-0.3, -0.25) is 0 Å². The highest BCUT2D eigenvalue weighted by Crippen LogP contribution is 2.18. The molecule has 0 bridgehead atoms. The zero-order valence-electron chi connectivity index (χ0n) is 13.3. The summed E-state index contributed by atoms with van der Waals surface area (Å²) in [4.78, 5) is 0.200. The van der Waals surface area contributed by atoms with Crippen LogP contribution in [0.4, 0.5) is 5.69 Å². The summed E-state index contributed by atoms with van der Waals surface area (Å²) in [5, 5.41) is 7.07. The highest BCUT2D eigenvalue weighted by Gasteiger charge is 2.17. The average Bonchev–Trinajstić information content (AvgIpc) is 2.54. The van der Waals surface area contributed by atoms with Crippen LogP contribution in [-0.2, 0) is 16.6 Å². The van der Waals surface area contributed by atoms with Crippen LogP contribution in [0.15, 0.2) is 53.4 Å². The van der Waals surface area contributed by atoms with Gasteiger partial charge in [-0.05, 0) is 42.0 Å². The van der Waals surface area contributed by atoms with Gasteiger partial charge in [-0.25, -0.2) is 12.7 Å². The van der Waals surface area contributed by atoms with Crippen molar-refractivity contribution in [1.82, 2.24) is 9.62 Å². The SMILES string of the molecule is CN(C)S(=O)(=O)c1cccc(NC(=S)NCc2ccccc2Cl)c1. The van der Waals surface area contributed by atoms with Gasteiger partial charge in [0.05, 0.1) is 4.90 Å². The third-order valence-electron chi connectivity index (χ3n) is 3.27. The van der Waals surface area contributed by atoms with Gasteiger partial charge in [0, 0.05) is 31.4 Å². The number of rotatable bonds is 5. The summed E-state index contributed by atoms with van der Waals surface area (Å²) in [5.41, 5.74) is 1.52. The van der Waals surface area contributed by atoms with Gasteiger partial charge < -0.3 is 10.6 Å². The summed E-state index contributed by atoms with van der Waals surface area (Å²) in [7, 11) is -0.501. The van der Waals surface area contributed by atoms with E-state index in [1.165, 1.54) is 18.4 Å². The third-order valence-corrected chi connectivity index (χ3v) is 5.69. The standard InChI is InChI=1S/C16H18ClN3O2S2/c1-20(2)24(21,22)14-8-5-7-13(10-14)19-16(23)18-11-12-6-3-4-9-15(12)17/h3-10H,11H2,1-2H3,(H2,18,19,23). The number of sulfonamides is 1. The molecule has 0 fully saturated rings. The van der Waals surface area contributed by atoms with E-state index in [4.69, 9.17) is 23.8 Å². The minimum atomic E-state index is -3.48. The van der Waals surface area contributed by atoms with Gasteiger partial charge >= 0.3 is 0 Å². The summed E-state index contributed by atoms with van der Waals surface area (Å²) in [5.74, 6) is 0. The summed E-state index contributed by atoms with van der Waals surface area (Å²) in [6, 6.07) is 14.0. The Morgan fingerprint density at radius 2 is 1.88 bits per heavy atom. The zero-order valence-corrected chi connectivity index (χ0v) is 15.7. The zero-order chi connectivity index (χ0) is 17.7. The summed E-state index contributed by atoms with van der Waals surface area (Å²) < 4.78 is 25.5. The van der Waals surface area contributed by atoms with E-state index >= 15 is 0 Å². The minimum Gasteiger partial charge on any atom is -0.358 e. The lowest BCUT2D eigenvalue weighted by molar-refractivity contribution is 0.521. The second kappa shape index (κ2) is 7.94. The number of thiocarbonyl (C=S) groups is 1. The normalized spacial score (nSPS) is 11.3. The molecule has 5 nitrogen and oxygen atoms in total. The molecule has 0 aliphatic carbocycles. The molecule has 2 N–H and O–H groups in total. The lowest BCUT2D eigenvalue weighted by atomic mass is 10.2. The molecule has 0 aliphatic rings. The second-order valence-electron chi connectivity index (χ2n) is 5.21. The molecule has 0 atom stereocenters. The van der Waals surface area contributed by atoms with Crippen LogP contribution in [0.5, 0.6) is 0 Å². The fraction of sp³-hybridized carbons (Fsp3) is 0.188. The fourth-order valence-corrected chi connectivity index (χ4v) is 3.28. The van der Waals surface area contributed by atoms with Gasteiger partial charge in [0.15, 0.2) is 5.11 Å². The van der Waals surface area contributed by atoms with Gasteiger partial charge in [0.2, 0.25) is 10.0 Å². The van der Waals surface area contributed by atoms with Crippen molar-refractivity contribution in [2.75, 3.05) is 19.4 Å². The Hall–Kier alpha value is -1.67. The van der Waals surface area contributed by atoms with E-state index in [1.807, 2.05) is 24.3 Å². The Kier molecular flexibility index (Phi) is 6.17. The Morgan fingerprint density at radius 1 is 1.17 bits per heavy atom. The van der Waals surface area contributed by atoms with Crippen LogP contribution < -0.4 is 10.6 Å². The van der Waals surface area contributed by atoms with E-state index in [-0.39, 0.29) is 4.90 Å². The lowest BCUT2D eigenvalue weighted by Gasteiger charge is -2.14. The van der Waals surface area contributed by atoms with E-state index in [2.05, 4.69) is 10.6 Å². The molecule has 0 amide bonds. The molecule has 2 rings (SSSR count). The Balaban J connectivity index is 2.04. The summed E-state index contributed by atoms with van der Waals surface area (Å²) in [6.45, 7) is 0.473. The number of nitrogens with one attached hydrogen (secondary N) is 2. The first-order valence-corrected chi connectivity index (χ1v) is 9.34. The van der Waals surface area contributed by atoms with Crippen molar-refractivity contribution in [3.05, 3.63) is 59.1 Å². The maximum atomic E-state index is 12.2. The molecule has 2 aromatic rings. The van der Waals surface area contributed by atoms with Crippen molar-refractivity contribution < 1.29 is 8.42 Å². The monoisotopic (exact) mass is 383 g/mol. The second-order valence-corrected chi connectivity index (χ2v) is 8.18. The molecule has 0 spiro atoms. The first kappa shape index (κ1) is 18.7. The molecule has 0 radical (unpaired) electrons. The molecule has 0 saturated heterocycles. The van der Waals surface area contributed by atoms with Crippen LogP contribution in [0, 0.1) is 0 Å². The predicted octanol–water partition coefficient (Wildman–Crippen LogP) is 3.08. The third kappa shape index (κ3) is 4.67. The molecule has 0 unspecified atom stereocenters. The van der Waals surface area contributed by atoms with Crippen LogP contribution in [-0.4, -0.2) is 31.9 Å². The number of nitrogens with zero attached hydrogens (tertiary/aromatic N) is 1. The Morgan fingerprint density at radius 3 is 2.54 bits per heavy atom. The largest absolute Gasteiger partial charge is 0.358 e. The maximum Gasteiger partial charge on any atom is 0.242 e. The minimum absolute atomic E-state index is 0.200. The van der Waals surface area contributed by atoms with E-state index in [0.717, 1.165) is 5.56 Å². The first-order valence-electron chi connectivity index (χ1n) is 7.11. The van der Waals surface area contributed by atoms with Crippen molar-refractivity contribution in [2.45, 2.75) is 11.4 Å². The molecule has 128 valence electrons. The van der Waals surface area contributed by atoms with Gasteiger partial charge in [-0.1, -0.05) is 35.9 Å². The molecular formula is C16H18ClN3O2S2. The van der Waals surface area contributed by atoms with Crippen LogP contribution >= 0.6 is 23.8 Å². The predicted molar refractivity (Wildman–Crippen MR) is 102 cm³/mol. The number of hydrogen-bond donors (Lipinski definition) is 2. The molecule has 8 heteroatoms. The average molecular weight is 384 g/mol. The fourth-order valence-electron chi connectivity index (χ4n) is 1.94. The first-order chi connectivity index (χ1) is 11.3. The van der Waals surface area contributed by atoms with Crippen molar-refractivity contribution in [3.8, 4) is 0 Å². The Bertz CT molecular complexity index is 839. The topological polar surface area (TPSA) is 61.4 Å². The Labute approximate surface area is 152 Å². The van der Waals surface area contributed by atoms with Crippen molar-refractivity contribution in [3.63, 3.8) is 0 Å². The van der Waals surface area contributed by atoms with E-state index in [1.54, 1.807) is 24.3 Å². The van der Waals surface area contributed by atoms with Crippen molar-refractivity contribution >= 4 is 44.6 Å². The van der Waals surface area contributed by atoms with Gasteiger partial charge in [0.1, 0.15) is 0 Å². The van der Waals surface area contributed by atoms with Gasteiger partial charge in [-0.15, -0.1) is 0 Å². The van der Waals surface area contributed by atoms with Gasteiger partial charge in [0.25, 0.3) is 0 Å². The van der Waals surface area contributed by atoms with Crippen molar-refractivity contribution in [2.24, 2.45) is 0 Å². The molecule has 0 aliphatic heterocycles. The van der Waals surface area contributed by atoms with Crippen LogP contribution in [0.2, 0.25) is 5.02 Å². The van der Waals surface area contributed by atoms with Crippen molar-refractivity contribution in [1.29, 1.82) is 0 Å². The highest BCUT2D eigenvalue weighted by atomic mass is 35.5. The number of hydrogen-bond acceptors (Lipinski definition) is 3. The number of halogens is 1. The van der Waals surface area contributed by atoms with Crippen LogP contribution in [0.1, 0.15) is 5.56 Å². The lowest BCUT2D eigenvalue weighted by Crippen LogP contribution is -2.28. The van der Waals surface area contributed by atoms with E-state index in [9.17, 15) is 8.42 Å². The maximum absolute atomic E-state index is 12.2. The quantitative estimate of drug-likeness (QED) is 0.777. The molecular weight excluding hydrogens is 366 g/mol. The summed E-state index contributed by atoms with van der Waals surface area (Å²) in [6.07, 6.45) is 0. The summed E-state index contributed by atoms with van der Waals surface area (Å²) >= 11 is 11.3. The number of anilines is 1. The molecule has 0 saturated carbocycles. The van der Waals surface area contributed by atoms with E-state index in [0.29, 0.717) is 22.4 Å². The smallest absolute Gasteiger partial charge is 0.242 e. The molecule has 0 heterocycles. The van der Waals surface area contributed by atoms with E-state index < -0.39 is 10.0 Å². The van der Waals surface area contributed by atoms with Crippen LogP contribution in [0.25, 0.3) is 0 Å². The highest BCUT2D eigenvalue weighted by molar-refractivity contribution is 7.89. The van der Waals surface area contributed by atoms with Crippen LogP contribution in [0.3, 0.4) is 0 Å². The number of benzene rings is 2. The molecule has 24 heavy (non-hydrogen) atoms. The van der Waals surface area contributed by atoms with Gasteiger partial charge in [-0.2, -0.15) is 0 Å². The molecule has 2 aromatic carbocycles. The molecule has 0 aromatic heterocycles.